The highest BCUT2D eigenvalue weighted by Gasteiger charge is 2.34. The number of carboxylic acids is 1. The van der Waals surface area contributed by atoms with E-state index in [9.17, 15) is 24.4 Å². The largest absolute Gasteiger partial charge is 0.481 e. The van der Waals surface area contributed by atoms with Gasteiger partial charge in [-0.25, -0.2) is 0 Å². The number of ether oxygens (including phenoxy) is 1. The average Bonchev–Trinajstić information content (AvgIpc) is 3.17. The summed E-state index contributed by atoms with van der Waals surface area (Å²) in [5.74, 6) is -0.891. The normalized spacial score (nSPS) is 17.1. The summed E-state index contributed by atoms with van der Waals surface area (Å²) >= 11 is 6.64. The van der Waals surface area contributed by atoms with Crippen molar-refractivity contribution in [2.45, 2.75) is 65.8 Å². The van der Waals surface area contributed by atoms with Crippen molar-refractivity contribution in [2.75, 3.05) is 31.1 Å². The number of carbonyl (C=O) groups excluding carboxylic acids is 2. The third-order valence-electron chi connectivity index (χ3n) is 7.00. The number of hydrogen-bond acceptors (Lipinski definition) is 9. The average molecular weight is 575 g/mol. The second kappa shape index (κ2) is 13.8. The van der Waals surface area contributed by atoms with Crippen LogP contribution in [0.5, 0.6) is 0 Å². The summed E-state index contributed by atoms with van der Waals surface area (Å²) in [5.41, 5.74) is 0.756. The van der Waals surface area contributed by atoms with Gasteiger partial charge in [0.25, 0.3) is 11.5 Å². The number of carbonyl (C=O) groups is 3. The third kappa shape index (κ3) is 6.89. The Bertz CT molecular complexity index is 1270. The molecule has 0 spiro atoms. The Morgan fingerprint density at radius 1 is 1.21 bits per heavy atom. The van der Waals surface area contributed by atoms with Crippen LogP contribution in [0.25, 0.3) is 6.08 Å². The van der Waals surface area contributed by atoms with Crippen LogP contribution < -0.4 is 10.5 Å². The molecule has 0 unspecified atom stereocenters. The molecule has 1 aromatic heterocycles. The predicted molar refractivity (Wildman–Crippen MR) is 153 cm³/mol. The zero-order valence-electron chi connectivity index (χ0n) is 22.5. The maximum Gasteiger partial charge on any atom is 0.309 e. The van der Waals surface area contributed by atoms with E-state index in [4.69, 9.17) is 22.1 Å². The summed E-state index contributed by atoms with van der Waals surface area (Å²) in [7, 11) is 0. The fourth-order valence-electron chi connectivity index (χ4n) is 4.91. The number of amides is 1. The minimum absolute atomic E-state index is 0.0298. The van der Waals surface area contributed by atoms with E-state index in [1.807, 2.05) is 17.9 Å². The van der Waals surface area contributed by atoms with Crippen LogP contribution >= 0.6 is 24.0 Å². The van der Waals surface area contributed by atoms with Crippen LogP contribution in [0.4, 0.5) is 5.82 Å². The van der Waals surface area contributed by atoms with E-state index in [-0.39, 0.29) is 35.3 Å². The molecule has 1 amide bonds. The van der Waals surface area contributed by atoms with Crippen molar-refractivity contribution in [2.24, 2.45) is 5.92 Å². The van der Waals surface area contributed by atoms with Crippen molar-refractivity contribution in [1.29, 1.82) is 5.26 Å². The van der Waals surface area contributed by atoms with Crippen molar-refractivity contribution in [1.82, 2.24) is 9.47 Å². The van der Waals surface area contributed by atoms with Gasteiger partial charge in [-0.05, 0) is 58.1 Å². The Balaban J connectivity index is 1.94. The number of aliphatic carboxylic acids is 1. The van der Waals surface area contributed by atoms with Crippen molar-refractivity contribution in [3.63, 3.8) is 0 Å². The molecule has 3 rings (SSSR count). The Hall–Kier alpha value is -3.17. The number of rotatable bonds is 11. The lowest BCUT2D eigenvalue weighted by Crippen LogP contribution is -2.41. The fourth-order valence-corrected chi connectivity index (χ4v) is 6.20. The molecule has 0 radical (unpaired) electrons. The summed E-state index contributed by atoms with van der Waals surface area (Å²) in [4.78, 5) is 53.5. The number of pyridine rings is 1. The van der Waals surface area contributed by atoms with E-state index < -0.39 is 5.97 Å². The van der Waals surface area contributed by atoms with Crippen molar-refractivity contribution < 1.29 is 24.2 Å². The molecular formula is C27H34N4O6S2. The molecule has 2 saturated heterocycles. The highest BCUT2D eigenvalue weighted by molar-refractivity contribution is 8.26. The van der Waals surface area contributed by atoms with Gasteiger partial charge in [0.2, 0.25) is 0 Å². The molecule has 0 aromatic carbocycles. The van der Waals surface area contributed by atoms with Gasteiger partial charge in [0.15, 0.2) is 0 Å². The number of thioether (sulfide) groups is 1. The Labute approximate surface area is 237 Å². The third-order valence-corrected chi connectivity index (χ3v) is 8.38. The smallest absolute Gasteiger partial charge is 0.309 e. The zero-order chi connectivity index (χ0) is 28.7. The fraction of sp³-hybridized carbons (Fsp3) is 0.556. The number of hydrogen-bond donors (Lipinski definition) is 1. The lowest BCUT2D eigenvalue weighted by atomic mass is 9.95. The molecular weight excluding hydrogens is 540 g/mol. The molecule has 1 N–H and O–H groups in total. The van der Waals surface area contributed by atoms with E-state index in [1.165, 1.54) is 16.7 Å². The van der Waals surface area contributed by atoms with E-state index >= 15 is 0 Å². The zero-order valence-corrected chi connectivity index (χ0v) is 24.2. The summed E-state index contributed by atoms with van der Waals surface area (Å²) < 4.78 is 7.17. The van der Waals surface area contributed by atoms with Gasteiger partial charge in [0.1, 0.15) is 21.8 Å². The molecule has 0 bridgehead atoms. The maximum absolute atomic E-state index is 13.3. The van der Waals surface area contributed by atoms with Crippen LogP contribution in [0, 0.1) is 24.2 Å². The molecule has 0 aliphatic carbocycles. The number of carboxylic acid groups (broad SMARTS) is 1. The van der Waals surface area contributed by atoms with Gasteiger partial charge < -0.3 is 14.7 Å². The van der Waals surface area contributed by atoms with Gasteiger partial charge in [0.05, 0.1) is 17.4 Å². The molecule has 2 aliphatic rings. The first-order valence-electron chi connectivity index (χ1n) is 13.2. The highest BCUT2D eigenvalue weighted by atomic mass is 32.2. The monoisotopic (exact) mass is 574 g/mol. The molecule has 2 aliphatic heterocycles. The SMILES string of the molecule is CCOC(=O)C1CCN(c2c(/C=C3\SC(=S)N(CCCCCC(=O)O)C3=O)c(C)c(C#N)c(=O)n2CC)CC1. The summed E-state index contributed by atoms with van der Waals surface area (Å²) in [5, 5.41) is 18.6. The molecule has 12 heteroatoms. The van der Waals surface area contributed by atoms with Crippen LogP contribution in [0.1, 0.15) is 69.1 Å². The lowest BCUT2D eigenvalue weighted by molar-refractivity contribution is -0.148. The predicted octanol–water partition coefficient (Wildman–Crippen LogP) is 3.67. The number of thiocarbonyl (C=S) groups is 1. The standard InChI is InChI=1S/C27H34N4O6S2/c1-4-30-23(29-13-10-18(11-14-29)26(36)37-5-2)19(17(3)20(16-28)24(30)34)15-21-25(35)31(27(38)39-21)12-8-6-7-9-22(32)33/h15,18H,4-14H2,1-3H3,(H,32,33)/b21-15-. The molecule has 39 heavy (non-hydrogen) atoms. The van der Waals surface area contributed by atoms with Gasteiger partial charge in [-0.1, -0.05) is 30.4 Å². The molecule has 210 valence electrons. The van der Waals surface area contributed by atoms with Gasteiger partial charge in [-0.3, -0.25) is 28.6 Å². The minimum Gasteiger partial charge on any atom is -0.481 e. The molecule has 0 saturated carbocycles. The number of unbranched alkanes of at least 4 members (excludes halogenated alkanes) is 2. The minimum atomic E-state index is -0.843. The molecule has 3 heterocycles. The van der Waals surface area contributed by atoms with Crippen LogP contribution in [-0.2, 0) is 25.7 Å². The molecule has 2 fully saturated rings. The lowest BCUT2D eigenvalue weighted by Gasteiger charge is -2.35. The van der Waals surface area contributed by atoms with Gasteiger partial charge in [-0.2, -0.15) is 5.26 Å². The van der Waals surface area contributed by atoms with Gasteiger partial charge in [-0.15, -0.1) is 0 Å². The maximum atomic E-state index is 13.3. The van der Waals surface area contributed by atoms with E-state index in [2.05, 4.69) is 0 Å². The number of aromatic nitrogens is 1. The van der Waals surface area contributed by atoms with E-state index in [0.717, 1.165) is 0 Å². The van der Waals surface area contributed by atoms with Crippen LogP contribution in [0.15, 0.2) is 9.70 Å². The number of nitrogens with zero attached hydrogens (tertiary/aromatic N) is 4. The summed E-state index contributed by atoms with van der Waals surface area (Å²) in [6.45, 7) is 7.42. The van der Waals surface area contributed by atoms with Crippen LogP contribution in [-0.4, -0.2) is 63.0 Å². The first kappa shape index (κ1) is 30.4. The Morgan fingerprint density at radius 2 is 1.90 bits per heavy atom. The summed E-state index contributed by atoms with van der Waals surface area (Å²) in [6.07, 6.45) is 4.78. The molecule has 1 aromatic rings. The quantitative estimate of drug-likeness (QED) is 0.181. The number of nitriles is 1. The van der Waals surface area contributed by atoms with Crippen LogP contribution in [0.2, 0.25) is 0 Å². The second-order valence-electron chi connectivity index (χ2n) is 9.45. The van der Waals surface area contributed by atoms with E-state index in [0.29, 0.717) is 91.1 Å². The van der Waals surface area contributed by atoms with Crippen molar-refractivity contribution >= 4 is 58.0 Å². The Kier molecular flexibility index (Phi) is 10.7. The number of esters is 1. The Morgan fingerprint density at radius 3 is 2.49 bits per heavy atom. The first-order valence-corrected chi connectivity index (χ1v) is 14.4. The van der Waals surface area contributed by atoms with Crippen LogP contribution in [0.3, 0.4) is 0 Å². The molecule has 10 nitrogen and oxygen atoms in total. The topological polar surface area (TPSA) is 133 Å². The molecule has 0 atom stereocenters. The van der Waals surface area contributed by atoms with E-state index in [1.54, 1.807) is 24.5 Å². The number of piperidine rings is 1. The van der Waals surface area contributed by atoms with Crippen molar-refractivity contribution in [3.8, 4) is 6.07 Å². The number of anilines is 1. The highest BCUT2D eigenvalue weighted by Crippen LogP contribution is 2.37. The van der Waals surface area contributed by atoms with Gasteiger partial charge in [0, 0.05) is 38.2 Å². The summed E-state index contributed by atoms with van der Waals surface area (Å²) in [6, 6.07) is 2.03. The van der Waals surface area contributed by atoms with Gasteiger partial charge >= 0.3 is 11.9 Å². The first-order chi connectivity index (χ1) is 18.6. The van der Waals surface area contributed by atoms with Crippen molar-refractivity contribution in [3.05, 3.63) is 31.9 Å². The second-order valence-corrected chi connectivity index (χ2v) is 11.1.